The van der Waals surface area contributed by atoms with Crippen LogP contribution in [0.15, 0.2) is 12.4 Å². The van der Waals surface area contributed by atoms with Gasteiger partial charge in [0.05, 0.1) is 11.9 Å². The van der Waals surface area contributed by atoms with E-state index in [1.54, 1.807) is 12.2 Å². The summed E-state index contributed by atoms with van der Waals surface area (Å²) in [7, 11) is 0. The van der Waals surface area contributed by atoms with Gasteiger partial charge in [-0.2, -0.15) is 13.2 Å². The van der Waals surface area contributed by atoms with E-state index in [4.69, 9.17) is 0 Å². The monoisotopic (exact) mass is 277 g/mol. The molecular formula is C10H10F3N3O3. The molecule has 0 saturated carbocycles. The highest BCUT2D eigenvalue weighted by atomic mass is 19.4. The lowest BCUT2D eigenvalue weighted by atomic mass is 10.4. The van der Waals surface area contributed by atoms with Crippen molar-refractivity contribution in [2.75, 3.05) is 13.2 Å². The number of aromatic nitrogens is 2. The molecule has 0 aromatic carbocycles. The van der Waals surface area contributed by atoms with Gasteiger partial charge in [-0.1, -0.05) is 0 Å². The van der Waals surface area contributed by atoms with E-state index in [9.17, 15) is 22.8 Å². The highest BCUT2D eigenvalue weighted by Crippen LogP contribution is 2.11. The first-order valence-electron chi connectivity index (χ1n) is 5.07. The van der Waals surface area contributed by atoms with Gasteiger partial charge in [-0.3, -0.25) is 9.78 Å². The molecule has 0 aliphatic heterocycles. The largest absolute Gasteiger partial charge is 0.451 e. The molecule has 6 nitrogen and oxygen atoms in total. The summed E-state index contributed by atoms with van der Waals surface area (Å²) in [5.74, 6) is -1.99. The van der Waals surface area contributed by atoms with Crippen molar-refractivity contribution in [3.8, 4) is 0 Å². The summed E-state index contributed by atoms with van der Waals surface area (Å²) in [6, 6.07) is 0. The molecule has 0 atom stereocenters. The second-order valence-corrected chi connectivity index (χ2v) is 3.51. The molecule has 1 heterocycles. The molecule has 1 aromatic heterocycles. The summed E-state index contributed by atoms with van der Waals surface area (Å²) in [4.78, 5) is 29.8. The van der Waals surface area contributed by atoms with Gasteiger partial charge in [0, 0.05) is 6.20 Å². The third kappa shape index (κ3) is 5.80. The average Bonchev–Trinajstić information content (AvgIpc) is 2.33. The van der Waals surface area contributed by atoms with Crippen LogP contribution in [0.4, 0.5) is 13.2 Å². The summed E-state index contributed by atoms with van der Waals surface area (Å²) in [6.07, 6.45) is -2.05. The van der Waals surface area contributed by atoms with Gasteiger partial charge in [0.15, 0.2) is 12.3 Å². The number of nitrogens with zero attached hydrogens (tertiary/aromatic N) is 2. The van der Waals surface area contributed by atoms with Crippen LogP contribution in [0.25, 0.3) is 0 Å². The highest BCUT2D eigenvalue weighted by Gasteiger charge is 2.27. The summed E-state index contributed by atoms with van der Waals surface area (Å²) in [6.45, 7) is -0.634. The maximum atomic E-state index is 11.8. The molecule has 1 amide bonds. The van der Waals surface area contributed by atoms with Crippen molar-refractivity contribution in [1.82, 2.24) is 15.3 Å². The molecule has 0 radical (unpaired) electrons. The fourth-order valence-electron chi connectivity index (χ4n) is 0.953. The molecule has 0 spiro atoms. The maximum absolute atomic E-state index is 11.8. The van der Waals surface area contributed by atoms with E-state index in [2.05, 4.69) is 14.7 Å². The minimum Gasteiger partial charge on any atom is -0.451 e. The average molecular weight is 277 g/mol. The van der Waals surface area contributed by atoms with Crippen LogP contribution in [-0.4, -0.2) is 41.2 Å². The van der Waals surface area contributed by atoms with E-state index < -0.39 is 31.2 Å². The van der Waals surface area contributed by atoms with Crippen molar-refractivity contribution in [1.29, 1.82) is 0 Å². The molecular weight excluding hydrogens is 267 g/mol. The Morgan fingerprint density at radius 1 is 1.32 bits per heavy atom. The minimum atomic E-state index is -4.51. The predicted octanol–water partition coefficient (Wildman–Crippen LogP) is 0.620. The molecule has 0 unspecified atom stereocenters. The Kier molecular flexibility index (Phi) is 4.79. The molecule has 0 saturated heterocycles. The van der Waals surface area contributed by atoms with Gasteiger partial charge in [-0.15, -0.1) is 0 Å². The number of aryl methyl sites for hydroxylation is 1. The zero-order valence-electron chi connectivity index (χ0n) is 9.82. The maximum Gasteiger partial charge on any atom is 0.405 e. The van der Waals surface area contributed by atoms with Crippen molar-refractivity contribution < 1.29 is 27.5 Å². The number of hydrogen-bond acceptors (Lipinski definition) is 5. The van der Waals surface area contributed by atoms with Crippen LogP contribution in [0.3, 0.4) is 0 Å². The van der Waals surface area contributed by atoms with Gasteiger partial charge >= 0.3 is 12.1 Å². The zero-order valence-corrected chi connectivity index (χ0v) is 9.82. The van der Waals surface area contributed by atoms with Gasteiger partial charge in [-0.25, -0.2) is 9.78 Å². The van der Waals surface area contributed by atoms with Crippen molar-refractivity contribution in [2.45, 2.75) is 13.1 Å². The number of ether oxygens (including phenoxy) is 1. The number of amides is 1. The van der Waals surface area contributed by atoms with E-state index >= 15 is 0 Å². The Balaban J connectivity index is 2.38. The Morgan fingerprint density at radius 3 is 2.53 bits per heavy atom. The smallest absolute Gasteiger partial charge is 0.405 e. The summed E-state index contributed by atoms with van der Waals surface area (Å²) < 4.78 is 39.8. The SMILES string of the molecule is Cc1cnc(C(=O)OCC(=O)NCC(F)(F)F)cn1. The number of alkyl halides is 3. The molecule has 0 aliphatic rings. The van der Waals surface area contributed by atoms with Crippen molar-refractivity contribution in [2.24, 2.45) is 0 Å². The number of rotatable bonds is 4. The van der Waals surface area contributed by atoms with E-state index in [-0.39, 0.29) is 5.69 Å². The van der Waals surface area contributed by atoms with Gasteiger partial charge in [0.25, 0.3) is 5.91 Å². The summed E-state index contributed by atoms with van der Waals surface area (Å²) >= 11 is 0. The first-order valence-corrected chi connectivity index (χ1v) is 5.07. The van der Waals surface area contributed by atoms with Crippen LogP contribution in [0.1, 0.15) is 16.2 Å². The van der Waals surface area contributed by atoms with Crippen LogP contribution in [0.5, 0.6) is 0 Å². The number of carbonyl (C=O) groups excluding carboxylic acids is 2. The Labute approximate surface area is 106 Å². The quantitative estimate of drug-likeness (QED) is 0.816. The molecule has 0 fully saturated rings. The summed E-state index contributed by atoms with van der Waals surface area (Å²) in [5, 5.41) is 1.56. The number of esters is 1. The number of hydrogen-bond donors (Lipinski definition) is 1. The van der Waals surface area contributed by atoms with Crippen LogP contribution in [0, 0.1) is 6.92 Å². The van der Waals surface area contributed by atoms with Gasteiger partial charge < -0.3 is 10.1 Å². The first kappa shape index (κ1) is 14.9. The Morgan fingerprint density at radius 2 is 2.00 bits per heavy atom. The molecule has 19 heavy (non-hydrogen) atoms. The van der Waals surface area contributed by atoms with E-state index in [0.29, 0.717) is 5.69 Å². The highest BCUT2D eigenvalue weighted by molar-refractivity contribution is 5.89. The van der Waals surface area contributed by atoms with E-state index in [1.807, 2.05) is 0 Å². The zero-order chi connectivity index (χ0) is 14.5. The Bertz CT molecular complexity index is 459. The van der Waals surface area contributed by atoms with Crippen molar-refractivity contribution in [3.05, 3.63) is 23.8 Å². The fraction of sp³-hybridized carbons (Fsp3) is 0.400. The van der Waals surface area contributed by atoms with Gasteiger partial charge in [0.2, 0.25) is 0 Å². The topological polar surface area (TPSA) is 81.2 Å². The predicted molar refractivity (Wildman–Crippen MR) is 56.1 cm³/mol. The second-order valence-electron chi connectivity index (χ2n) is 3.51. The Hall–Kier alpha value is -2.19. The second kappa shape index (κ2) is 6.12. The third-order valence-electron chi connectivity index (χ3n) is 1.81. The molecule has 1 aromatic rings. The van der Waals surface area contributed by atoms with Crippen LogP contribution < -0.4 is 5.32 Å². The lowest BCUT2D eigenvalue weighted by molar-refractivity contribution is -0.140. The molecule has 9 heteroatoms. The standard InChI is InChI=1S/C10H10F3N3O3/c1-6-2-15-7(3-14-6)9(18)19-4-8(17)16-5-10(11,12)13/h2-3H,4-5H2,1H3,(H,16,17). The molecule has 104 valence electrons. The molecule has 1 rings (SSSR count). The molecule has 1 N–H and O–H groups in total. The third-order valence-corrected chi connectivity index (χ3v) is 1.81. The number of nitrogens with one attached hydrogen (secondary N) is 1. The minimum absolute atomic E-state index is 0.130. The summed E-state index contributed by atoms with van der Waals surface area (Å²) in [5.41, 5.74) is 0.452. The fourth-order valence-corrected chi connectivity index (χ4v) is 0.953. The molecule has 0 bridgehead atoms. The molecule has 0 aliphatic carbocycles. The number of carbonyl (C=O) groups is 2. The van der Waals surface area contributed by atoms with Crippen molar-refractivity contribution in [3.63, 3.8) is 0 Å². The lowest BCUT2D eigenvalue weighted by Crippen LogP contribution is -2.36. The van der Waals surface area contributed by atoms with Crippen LogP contribution in [-0.2, 0) is 9.53 Å². The van der Waals surface area contributed by atoms with Crippen LogP contribution >= 0.6 is 0 Å². The van der Waals surface area contributed by atoms with Crippen molar-refractivity contribution >= 4 is 11.9 Å². The van der Waals surface area contributed by atoms with Gasteiger partial charge in [0.1, 0.15) is 6.54 Å². The van der Waals surface area contributed by atoms with Crippen LogP contribution in [0.2, 0.25) is 0 Å². The first-order chi connectivity index (χ1) is 8.78. The lowest BCUT2D eigenvalue weighted by Gasteiger charge is -2.08. The normalized spacial score (nSPS) is 10.9. The van der Waals surface area contributed by atoms with E-state index in [0.717, 1.165) is 6.20 Å². The van der Waals surface area contributed by atoms with Gasteiger partial charge in [-0.05, 0) is 6.92 Å². The number of halogens is 3. The van der Waals surface area contributed by atoms with E-state index in [1.165, 1.54) is 6.20 Å².